The van der Waals surface area contributed by atoms with Gasteiger partial charge in [0.15, 0.2) is 0 Å². The van der Waals surface area contributed by atoms with E-state index >= 15 is 0 Å². The standard InChI is InChI=1S/C17H17NOSe/c1-17(12-20-13-8-4-3-5-9-13)14-10-6-7-11-15(14)18(2)16(17)19/h3-11H,12H2,1-2H3/t17-/m0/s1. The molecule has 3 heteroatoms. The van der Waals surface area contributed by atoms with Gasteiger partial charge in [-0.2, -0.15) is 0 Å². The molecule has 0 radical (unpaired) electrons. The van der Waals surface area contributed by atoms with Crippen molar-refractivity contribution in [1.29, 1.82) is 0 Å². The van der Waals surface area contributed by atoms with Crippen LogP contribution in [0.25, 0.3) is 0 Å². The fourth-order valence-corrected chi connectivity index (χ4v) is 4.99. The summed E-state index contributed by atoms with van der Waals surface area (Å²) in [5.41, 5.74) is 1.86. The van der Waals surface area contributed by atoms with Crippen molar-refractivity contribution >= 4 is 31.0 Å². The maximum absolute atomic E-state index is 12.6. The summed E-state index contributed by atoms with van der Waals surface area (Å²) < 4.78 is 1.35. The summed E-state index contributed by atoms with van der Waals surface area (Å²) in [6.07, 6.45) is 0. The molecule has 102 valence electrons. The van der Waals surface area contributed by atoms with Crippen LogP contribution in [-0.4, -0.2) is 27.9 Å². The summed E-state index contributed by atoms with van der Waals surface area (Å²) >= 11 is 0.309. The van der Waals surface area contributed by atoms with E-state index in [-0.39, 0.29) is 11.3 Å². The van der Waals surface area contributed by atoms with Crippen LogP contribution >= 0.6 is 0 Å². The van der Waals surface area contributed by atoms with Gasteiger partial charge >= 0.3 is 126 Å². The predicted molar refractivity (Wildman–Crippen MR) is 83.8 cm³/mol. The molecule has 20 heavy (non-hydrogen) atoms. The van der Waals surface area contributed by atoms with Crippen LogP contribution in [0.1, 0.15) is 12.5 Å². The quantitative estimate of drug-likeness (QED) is 0.792. The summed E-state index contributed by atoms with van der Waals surface area (Å²) in [6, 6.07) is 18.6. The molecule has 0 N–H and O–H groups in total. The van der Waals surface area contributed by atoms with Crippen molar-refractivity contribution in [2.45, 2.75) is 17.7 Å². The molecule has 1 aliphatic rings. The van der Waals surface area contributed by atoms with E-state index in [2.05, 4.69) is 37.3 Å². The van der Waals surface area contributed by atoms with Crippen molar-refractivity contribution in [3.05, 3.63) is 60.2 Å². The maximum atomic E-state index is 12.6. The molecule has 1 atom stereocenters. The van der Waals surface area contributed by atoms with Crippen LogP contribution < -0.4 is 9.36 Å². The first-order chi connectivity index (χ1) is 9.63. The van der Waals surface area contributed by atoms with Crippen molar-refractivity contribution in [3.63, 3.8) is 0 Å². The van der Waals surface area contributed by atoms with Crippen LogP contribution in [0, 0.1) is 0 Å². The minimum atomic E-state index is -0.374. The third-order valence-electron chi connectivity index (χ3n) is 3.91. The molecule has 2 nitrogen and oxygen atoms in total. The number of amides is 1. The van der Waals surface area contributed by atoms with Crippen molar-refractivity contribution in [2.75, 3.05) is 11.9 Å². The first-order valence-electron chi connectivity index (χ1n) is 6.68. The second-order valence-electron chi connectivity index (χ2n) is 5.32. The molecule has 2 aromatic rings. The van der Waals surface area contributed by atoms with Gasteiger partial charge in [0, 0.05) is 0 Å². The number of fused-ring (bicyclic) bond motifs is 1. The second kappa shape index (κ2) is 5.08. The molecule has 0 aromatic heterocycles. The number of carbonyl (C=O) groups excluding carboxylic acids is 1. The first-order valence-corrected chi connectivity index (χ1v) is 8.75. The Labute approximate surface area is 126 Å². The Bertz CT molecular complexity index is 640. The summed E-state index contributed by atoms with van der Waals surface area (Å²) in [7, 11) is 1.88. The monoisotopic (exact) mass is 331 g/mol. The van der Waals surface area contributed by atoms with Gasteiger partial charge in [0.25, 0.3) is 0 Å². The number of hydrogen-bond acceptors (Lipinski definition) is 1. The molecular weight excluding hydrogens is 313 g/mol. The van der Waals surface area contributed by atoms with Gasteiger partial charge in [-0.25, -0.2) is 0 Å². The number of likely N-dealkylation sites (N-methyl/N-ethyl adjacent to an activating group) is 1. The van der Waals surface area contributed by atoms with E-state index < -0.39 is 0 Å². The summed E-state index contributed by atoms with van der Waals surface area (Å²) in [5, 5.41) is 0.907. The minimum absolute atomic E-state index is 0.219. The molecule has 1 amide bonds. The number of anilines is 1. The van der Waals surface area contributed by atoms with Gasteiger partial charge in [-0.15, -0.1) is 0 Å². The number of benzene rings is 2. The van der Waals surface area contributed by atoms with Crippen LogP contribution in [0.2, 0.25) is 5.32 Å². The molecular formula is C17H17NOSe. The van der Waals surface area contributed by atoms with E-state index in [1.807, 2.05) is 31.3 Å². The number of carbonyl (C=O) groups is 1. The van der Waals surface area contributed by atoms with Gasteiger partial charge in [0.05, 0.1) is 0 Å². The molecule has 0 saturated carbocycles. The zero-order valence-electron chi connectivity index (χ0n) is 11.7. The van der Waals surface area contributed by atoms with Crippen molar-refractivity contribution in [1.82, 2.24) is 0 Å². The molecule has 0 spiro atoms. The average molecular weight is 330 g/mol. The van der Waals surface area contributed by atoms with E-state index in [0.29, 0.717) is 15.0 Å². The van der Waals surface area contributed by atoms with Gasteiger partial charge in [0.1, 0.15) is 0 Å². The first kappa shape index (κ1) is 13.4. The van der Waals surface area contributed by atoms with Gasteiger partial charge in [-0.3, -0.25) is 0 Å². The number of nitrogens with zero attached hydrogens (tertiary/aromatic N) is 1. The fourth-order valence-electron chi connectivity index (χ4n) is 2.71. The molecule has 0 unspecified atom stereocenters. The zero-order valence-corrected chi connectivity index (χ0v) is 13.4. The van der Waals surface area contributed by atoms with Gasteiger partial charge in [-0.1, -0.05) is 0 Å². The number of rotatable bonds is 3. The Morgan fingerprint density at radius 3 is 2.45 bits per heavy atom. The van der Waals surface area contributed by atoms with Crippen LogP contribution in [-0.2, 0) is 10.2 Å². The van der Waals surface area contributed by atoms with Crippen LogP contribution in [0.5, 0.6) is 0 Å². The molecule has 0 aliphatic carbocycles. The Morgan fingerprint density at radius 1 is 1.05 bits per heavy atom. The van der Waals surface area contributed by atoms with Crippen molar-refractivity contribution < 1.29 is 4.79 Å². The Hall–Kier alpha value is -1.57. The molecule has 0 fully saturated rings. The Morgan fingerprint density at radius 2 is 1.70 bits per heavy atom. The number of para-hydroxylation sites is 1. The SMILES string of the molecule is CN1C(=O)[C@@](C)(C[Se]c2ccccc2)c2ccccc21. The van der Waals surface area contributed by atoms with Gasteiger partial charge < -0.3 is 0 Å². The normalized spacial score (nSPS) is 21.1. The molecule has 2 aromatic carbocycles. The predicted octanol–water partition coefficient (Wildman–Crippen LogP) is 2.37. The fraction of sp³-hybridized carbons (Fsp3) is 0.235. The third-order valence-corrected chi connectivity index (χ3v) is 6.69. The summed E-state index contributed by atoms with van der Waals surface area (Å²) in [5.74, 6) is 0.219. The second-order valence-corrected chi connectivity index (χ2v) is 7.52. The van der Waals surface area contributed by atoms with Crippen LogP contribution in [0.15, 0.2) is 54.6 Å². The Balaban J connectivity index is 1.90. The zero-order chi connectivity index (χ0) is 14.2. The summed E-state index contributed by atoms with van der Waals surface area (Å²) in [4.78, 5) is 14.4. The van der Waals surface area contributed by atoms with Gasteiger partial charge in [-0.05, 0) is 0 Å². The van der Waals surface area contributed by atoms with E-state index in [1.54, 1.807) is 4.90 Å². The van der Waals surface area contributed by atoms with Crippen LogP contribution in [0.3, 0.4) is 0 Å². The molecule has 1 heterocycles. The summed E-state index contributed by atoms with van der Waals surface area (Å²) in [6.45, 7) is 2.09. The molecule has 1 aliphatic heterocycles. The molecule has 0 saturated heterocycles. The molecule has 3 rings (SSSR count). The van der Waals surface area contributed by atoms with Crippen LogP contribution in [0.4, 0.5) is 5.69 Å². The van der Waals surface area contributed by atoms with E-state index in [4.69, 9.17) is 0 Å². The molecule has 0 bridgehead atoms. The van der Waals surface area contributed by atoms with Gasteiger partial charge in [0.2, 0.25) is 0 Å². The topological polar surface area (TPSA) is 20.3 Å². The number of hydrogen-bond donors (Lipinski definition) is 0. The third kappa shape index (κ3) is 2.07. The van der Waals surface area contributed by atoms with E-state index in [9.17, 15) is 4.79 Å². The average Bonchev–Trinajstić information content (AvgIpc) is 2.69. The van der Waals surface area contributed by atoms with Crippen molar-refractivity contribution in [2.24, 2.45) is 0 Å². The van der Waals surface area contributed by atoms with E-state index in [1.165, 1.54) is 10.0 Å². The van der Waals surface area contributed by atoms with E-state index in [0.717, 1.165) is 11.0 Å². The van der Waals surface area contributed by atoms with Crippen molar-refractivity contribution in [3.8, 4) is 0 Å². The Kier molecular flexibility index (Phi) is 3.41.